The van der Waals surface area contributed by atoms with Crippen LogP contribution in [0.3, 0.4) is 0 Å². The minimum absolute atomic E-state index is 0.0690. The van der Waals surface area contributed by atoms with Crippen LogP contribution < -0.4 is 10.2 Å². The Morgan fingerprint density at radius 1 is 1.12 bits per heavy atom. The van der Waals surface area contributed by atoms with Crippen LogP contribution in [0.2, 0.25) is 5.02 Å². The minimum Gasteiger partial charge on any atom is -0.354 e. The molecule has 1 N–H and O–H groups in total. The van der Waals surface area contributed by atoms with Crippen LogP contribution in [0.4, 0.5) is 5.82 Å². The lowest BCUT2D eigenvalue weighted by Crippen LogP contribution is -2.43. The maximum atomic E-state index is 12.8. The predicted molar refractivity (Wildman–Crippen MR) is 127 cm³/mol. The van der Waals surface area contributed by atoms with Gasteiger partial charge in [-0.3, -0.25) is 4.79 Å². The number of fused-ring (bicyclic) bond motifs is 1. The summed E-state index contributed by atoms with van der Waals surface area (Å²) in [6.07, 6.45) is 5.42. The lowest BCUT2D eigenvalue weighted by Gasteiger charge is -2.33. The summed E-state index contributed by atoms with van der Waals surface area (Å²) in [5.74, 6) is 0.870. The summed E-state index contributed by atoms with van der Waals surface area (Å²) in [6, 6.07) is 19.7. The standard InChI is InChI=1S/C25H24ClN5O/c26-21-11-5-4-10-20(21)22-15-23-24(27-12-14-31(23)29-22)30-13-6-9-19(17-30)25(32)28-16-18-7-2-1-3-8-18/h1-5,7-8,10-12,14-15,19H,6,9,13,16-17H2,(H,28,32)/t19-/m1/s1. The Hall–Kier alpha value is -3.38. The van der Waals surface area contributed by atoms with Crippen LogP contribution >= 0.6 is 11.6 Å². The smallest absolute Gasteiger partial charge is 0.225 e. The fourth-order valence-electron chi connectivity index (χ4n) is 4.27. The van der Waals surface area contributed by atoms with Gasteiger partial charge >= 0.3 is 0 Å². The average molecular weight is 446 g/mol. The molecule has 2 aromatic heterocycles. The lowest BCUT2D eigenvalue weighted by molar-refractivity contribution is -0.125. The number of carbonyl (C=O) groups is 1. The number of nitrogens with one attached hydrogen (secondary N) is 1. The van der Waals surface area contributed by atoms with Crippen molar-refractivity contribution >= 4 is 28.8 Å². The lowest BCUT2D eigenvalue weighted by atomic mass is 9.97. The molecule has 1 fully saturated rings. The number of rotatable bonds is 5. The molecule has 162 valence electrons. The molecule has 0 spiro atoms. The zero-order valence-corrected chi connectivity index (χ0v) is 18.4. The normalized spacial score (nSPS) is 16.3. The summed E-state index contributed by atoms with van der Waals surface area (Å²) in [6.45, 7) is 2.05. The first-order chi connectivity index (χ1) is 15.7. The molecular formula is C25H24ClN5O. The van der Waals surface area contributed by atoms with E-state index in [9.17, 15) is 4.79 Å². The van der Waals surface area contributed by atoms with Gasteiger partial charge in [-0.1, -0.05) is 60.1 Å². The highest BCUT2D eigenvalue weighted by Crippen LogP contribution is 2.31. The van der Waals surface area contributed by atoms with Crippen molar-refractivity contribution in [1.82, 2.24) is 19.9 Å². The largest absolute Gasteiger partial charge is 0.354 e. The third-order valence-electron chi connectivity index (χ3n) is 5.92. The molecule has 1 aliphatic heterocycles. The number of carbonyl (C=O) groups excluding carboxylic acids is 1. The van der Waals surface area contributed by atoms with Crippen molar-refractivity contribution in [2.75, 3.05) is 18.0 Å². The number of hydrogen-bond acceptors (Lipinski definition) is 4. The van der Waals surface area contributed by atoms with E-state index in [0.717, 1.165) is 47.5 Å². The molecule has 4 aromatic rings. The maximum Gasteiger partial charge on any atom is 0.225 e. The monoisotopic (exact) mass is 445 g/mol. The Morgan fingerprint density at radius 3 is 2.78 bits per heavy atom. The van der Waals surface area contributed by atoms with Crippen molar-refractivity contribution in [3.05, 3.63) is 83.6 Å². The second-order valence-electron chi connectivity index (χ2n) is 8.08. The highest BCUT2D eigenvalue weighted by molar-refractivity contribution is 6.33. The zero-order chi connectivity index (χ0) is 21.9. The number of amides is 1. The summed E-state index contributed by atoms with van der Waals surface area (Å²) in [5.41, 5.74) is 3.71. The highest BCUT2D eigenvalue weighted by Gasteiger charge is 2.27. The van der Waals surface area contributed by atoms with Gasteiger partial charge in [-0.05, 0) is 30.5 Å². The Bertz CT molecular complexity index is 1240. The molecule has 1 aliphatic rings. The first kappa shape index (κ1) is 20.5. The van der Waals surface area contributed by atoms with Crippen LogP contribution in [-0.4, -0.2) is 33.6 Å². The topological polar surface area (TPSA) is 62.5 Å². The number of piperidine rings is 1. The van der Waals surface area contributed by atoms with E-state index in [1.807, 2.05) is 71.4 Å². The molecule has 6 nitrogen and oxygen atoms in total. The minimum atomic E-state index is -0.0690. The van der Waals surface area contributed by atoms with Gasteiger partial charge in [0.2, 0.25) is 5.91 Å². The Kier molecular flexibility index (Phi) is 5.77. The summed E-state index contributed by atoms with van der Waals surface area (Å²) < 4.78 is 1.83. The number of benzene rings is 2. The zero-order valence-electron chi connectivity index (χ0n) is 17.6. The number of nitrogens with zero attached hydrogens (tertiary/aromatic N) is 4. The summed E-state index contributed by atoms with van der Waals surface area (Å²) in [4.78, 5) is 19.7. The van der Waals surface area contributed by atoms with Crippen LogP contribution in [0.5, 0.6) is 0 Å². The number of halogens is 1. The Labute approximate surface area is 191 Å². The molecule has 0 unspecified atom stereocenters. The third-order valence-corrected chi connectivity index (χ3v) is 6.25. The first-order valence-corrected chi connectivity index (χ1v) is 11.2. The second-order valence-corrected chi connectivity index (χ2v) is 8.49. The molecule has 5 rings (SSSR count). The van der Waals surface area contributed by atoms with E-state index in [2.05, 4.69) is 15.2 Å². The van der Waals surface area contributed by atoms with Gasteiger partial charge in [-0.2, -0.15) is 5.10 Å². The summed E-state index contributed by atoms with van der Waals surface area (Å²) >= 11 is 6.38. The third kappa shape index (κ3) is 4.18. The molecule has 0 bridgehead atoms. The fourth-order valence-corrected chi connectivity index (χ4v) is 4.50. The van der Waals surface area contributed by atoms with E-state index < -0.39 is 0 Å². The number of anilines is 1. The SMILES string of the molecule is O=C(NCc1ccccc1)[C@@H]1CCCN(c2nccn3nc(-c4ccccc4Cl)cc23)C1. The van der Waals surface area contributed by atoms with Crippen LogP contribution in [0.15, 0.2) is 73.1 Å². The van der Waals surface area contributed by atoms with Crippen molar-refractivity contribution in [3.63, 3.8) is 0 Å². The Balaban J connectivity index is 1.35. The quantitative estimate of drug-likeness (QED) is 0.488. The molecule has 0 saturated carbocycles. The maximum absolute atomic E-state index is 12.8. The van der Waals surface area contributed by atoms with Gasteiger partial charge in [0.05, 0.1) is 16.6 Å². The van der Waals surface area contributed by atoms with Crippen molar-refractivity contribution in [1.29, 1.82) is 0 Å². The molecule has 7 heteroatoms. The van der Waals surface area contributed by atoms with Gasteiger partial charge in [-0.25, -0.2) is 9.50 Å². The van der Waals surface area contributed by atoms with Crippen molar-refractivity contribution in [2.24, 2.45) is 5.92 Å². The number of hydrogen-bond donors (Lipinski definition) is 1. The van der Waals surface area contributed by atoms with Crippen LogP contribution in [0, 0.1) is 5.92 Å². The van der Waals surface area contributed by atoms with E-state index in [0.29, 0.717) is 18.1 Å². The molecule has 1 atom stereocenters. The molecular weight excluding hydrogens is 422 g/mol. The Morgan fingerprint density at radius 2 is 1.94 bits per heavy atom. The van der Waals surface area contributed by atoms with E-state index in [4.69, 9.17) is 16.7 Å². The van der Waals surface area contributed by atoms with E-state index >= 15 is 0 Å². The molecule has 0 aliphatic carbocycles. The van der Waals surface area contributed by atoms with Gasteiger partial charge in [0.1, 0.15) is 5.52 Å². The fraction of sp³-hybridized carbons (Fsp3) is 0.240. The molecule has 1 saturated heterocycles. The van der Waals surface area contributed by atoms with Crippen LogP contribution in [0.25, 0.3) is 16.8 Å². The molecule has 32 heavy (non-hydrogen) atoms. The molecule has 1 amide bonds. The molecule has 0 radical (unpaired) electrons. The summed E-state index contributed by atoms with van der Waals surface area (Å²) in [5, 5.41) is 8.46. The van der Waals surface area contributed by atoms with E-state index in [1.165, 1.54) is 0 Å². The van der Waals surface area contributed by atoms with Gasteiger partial charge in [0, 0.05) is 37.6 Å². The average Bonchev–Trinajstić information content (AvgIpc) is 3.28. The number of aromatic nitrogens is 3. The van der Waals surface area contributed by atoms with Gasteiger partial charge < -0.3 is 10.2 Å². The first-order valence-electron chi connectivity index (χ1n) is 10.8. The van der Waals surface area contributed by atoms with Gasteiger partial charge in [0.25, 0.3) is 0 Å². The molecule has 2 aromatic carbocycles. The molecule has 3 heterocycles. The van der Waals surface area contributed by atoms with Crippen molar-refractivity contribution in [2.45, 2.75) is 19.4 Å². The van der Waals surface area contributed by atoms with Crippen molar-refractivity contribution in [3.8, 4) is 11.3 Å². The second kappa shape index (κ2) is 9.01. The van der Waals surface area contributed by atoms with Gasteiger partial charge in [0.15, 0.2) is 5.82 Å². The van der Waals surface area contributed by atoms with Crippen molar-refractivity contribution < 1.29 is 4.79 Å². The van der Waals surface area contributed by atoms with E-state index in [1.54, 1.807) is 6.20 Å². The highest BCUT2D eigenvalue weighted by atomic mass is 35.5. The van der Waals surface area contributed by atoms with E-state index in [-0.39, 0.29) is 11.8 Å². The predicted octanol–water partition coefficient (Wildman–Crippen LogP) is 4.58. The van der Waals surface area contributed by atoms with Gasteiger partial charge in [-0.15, -0.1) is 0 Å². The summed E-state index contributed by atoms with van der Waals surface area (Å²) in [7, 11) is 0. The van der Waals surface area contributed by atoms with Crippen LogP contribution in [0.1, 0.15) is 18.4 Å². The van der Waals surface area contributed by atoms with Crippen LogP contribution in [-0.2, 0) is 11.3 Å².